The predicted molar refractivity (Wildman–Crippen MR) is 154 cm³/mol. The number of nitrogen functional groups attached to an aromatic ring is 1. The number of amides is 1. The Morgan fingerprint density at radius 3 is 2.43 bits per heavy atom. The molecule has 1 amide bonds. The highest BCUT2D eigenvalue weighted by Crippen LogP contribution is 2.41. The Balaban J connectivity index is 1.43. The molecule has 1 aliphatic heterocycles. The fourth-order valence-corrected chi connectivity index (χ4v) is 4.31. The van der Waals surface area contributed by atoms with Crippen molar-refractivity contribution in [2.45, 2.75) is 0 Å². The van der Waals surface area contributed by atoms with Gasteiger partial charge in [0.25, 0.3) is 5.91 Å². The summed E-state index contributed by atoms with van der Waals surface area (Å²) in [5.41, 5.74) is 16.8. The van der Waals surface area contributed by atoms with Gasteiger partial charge in [0.15, 0.2) is 0 Å². The molecule has 4 rings (SSSR count). The summed E-state index contributed by atoms with van der Waals surface area (Å²) < 4.78 is 22.1. The molecule has 0 saturated carbocycles. The van der Waals surface area contributed by atoms with E-state index >= 15 is 0 Å². The second kappa shape index (κ2) is 14.6. The zero-order chi connectivity index (χ0) is 29.9. The molecular formula is C29H30N6O7. The zero-order valence-electron chi connectivity index (χ0n) is 22.7. The van der Waals surface area contributed by atoms with Crippen molar-refractivity contribution >= 4 is 28.5 Å². The fraction of sp³-hybridized carbons (Fsp3) is 0.276. The summed E-state index contributed by atoms with van der Waals surface area (Å²) in [6.45, 7) is 2.53. The van der Waals surface area contributed by atoms with Gasteiger partial charge in [0.2, 0.25) is 0 Å². The van der Waals surface area contributed by atoms with Crippen molar-refractivity contribution in [2.75, 3.05) is 58.5 Å². The minimum absolute atomic E-state index is 0.0107. The van der Waals surface area contributed by atoms with Crippen LogP contribution in [0.1, 0.15) is 20.7 Å². The standard InChI is InChI=1S/C29H30N6O7/c30-19-2-5-22-25(16-19)42-26-17-20(31)3-6-23(26)27(22)24-15-18(1-4-21(24)29(37)38)28(36)33-7-9-39-11-13-41-14-12-40-10-8-34-35-32/h1-6,15-17,30H,7-14,31H2,(H,33,36)(H,37,38). The summed E-state index contributed by atoms with van der Waals surface area (Å²) in [6.07, 6.45) is 0. The normalized spacial score (nSPS) is 11.0. The van der Waals surface area contributed by atoms with Crippen molar-refractivity contribution in [3.8, 4) is 22.5 Å². The number of azide groups is 1. The van der Waals surface area contributed by atoms with Gasteiger partial charge >= 0.3 is 5.97 Å². The molecule has 1 aliphatic carbocycles. The maximum atomic E-state index is 13.0. The van der Waals surface area contributed by atoms with Crippen LogP contribution in [0.4, 0.5) is 5.69 Å². The first-order chi connectivity index (χ1) is 20.4. The van der Waals surface area contributed by atoms with E-state index in [0.717, 1.165) is 0 Å². The lowest BCUT2D eigenvalue weighted by Crippen LogP contribution is -2.27. The number of hydrogen-bond acceptors (Lipinski definition) is 9. The van der Waals surface area contributed by atoms with Gasteiger partial charge in [-0.05, 0) is 53.6 Å². The molecule has 0 unspecified atom stereocenters. The topological polar surface area (TPSA) is 206 Å². The number of carboxylic acids is 1. The summed E-state index contributed by atoms with van der Waals surface area (Å²) in [6, 6.07) is 14.3. The number of fused-ring (bicyclic) bond motifs is 2. The number of nitrogens with one attached hydrogen (secondary N) is 2. The number of carboxylic acid groups (broad SMARTS) is 1. The molecule has 2 aliphatic rings. The van der Waals surface area contributed by atoms with Crippen LogP contribution in [0.25, 0.3) is 43.9 Å². The Hall–Kier alpha value is -4.94. The molecule has 42 heavy (non-hydrogen) atoms. The minimum atomic E-state index is -1.15. The molecule has 1 heterocycles. The number of carbonyl (C=O) groups excluding carboxylic acids is 1. The summed E-state index contributed by atoms with van der Waals surface area (Å²) in [5, 5.41) is 25.0. The number of carbonyl (C=O) groups is 2. The summed E-state index contributed by atoms with van der Waals surface area (Å²) in [5.74, 6) is -1.15. The third-order valence-corrected chi connectivity index (χ3v) is 6.20. The fourth-order valence-electron chi connectivity index (χ4n) is 4.31. The molecule has 5 N–H and O–H groups in total. The number of rotatable bonds is 15. The molecule has 0 bridgehead atoms. The molecule has 0 aromatic heterocycles. The molecule has 2 aromatic carbocycles. The lowest BCUT2D eigenvalue weighted by Gasteiger charge is -2.18. The van der Waals surface area contributed by atoms with Crippen LogP contribution in [-0.4, -0.2) is 69.7 Å². The van der Waals surface area contributed by atoms with Crippen LogP contribution in [0.15, 0.2) is 64.1 Å². The van der Waals surface area contributed by atoms with Crippen LogP contribution in [0, 0.1) is 5.41 Å². The van der Waals surface area contributed by atoms with Crippen molar-refractivity contribution in [1.29, 1.82) is 5.41 Å². The van der Waals surface area contributed by atoms with E-state index in [9.17, 15) is 14.7 Å². The third kappa shape index (κ3) is 7.62. The van der Waals surface area contributed by atoms with E-state index in [0.29, 0.717) is 72.1 Å². The monoisotopic (exact) mass is 574 g/mol. The SMILES string of the molecule is [N-]=[N+]=NCCOCCOCCOCCNC(=O)c1ccc(C(=O)O)c(-c2c3ccc(=N)cc-3oc3cc(N)ccc23)c1. The lowest BCUT2D eigenvalue weighted by atomic mass is 9.89. The minimum Gasteiger partial charge on any atom is -0.478 e. The average molecular weight is 575 g/mol. The Morgan fingerprint density at radius 1 is 0.952 bits per heavy atom. The number of benzene rings is 3. The van der Waals surface area contributed by atoms with Crippen LogP contribution in [0.3, 0.4) is 0 Å². The van der Waals surface area contributed by atoms with Crippen LogP contribution >= 0.6 is 0 Å². The van der Waals surface area contributed by atoms with E-state index in [4.69, 9.17) is 35.3 Å². The molecular weight excluding hydrogens is 544 g/mol. The van der Waals surface area contributed by atoms with Gasteiger partial charge < -0.3 is 40.2 Å². The van der Waals surface area contributed by atoms with Crippen molar-refractivity contribution in [3.05, 3.63) is 81.5 Å². The highest BCUT2D eigenvalue weighted by Gasteiger charge is 2.23. The molecule has 0 radical (unpaired) electrons. The van der Waals surface area contributed by atoms with Gasteiger partial charge in [-0.2, -0.15) is 0 Å². The Bertz CT molecular complexity index is 1650. The number of aromatic carboxylic acids is 1. The number of nitrogens with two attached hydrogens (primary N) is 1. The quantitative estimate of drug-likeness (QED) is 0.0406. The van der Waals surface area contributed by atoms with Gasteiger partial charge in [-0.3, -0.25) is 4.79 Å². The average Bonchev–Trinajstić information content (AvgIpc) is 2.97. The van der Waals surface area contributed by atoms with Gasteiger partial charge in [0.05, 0.1) is 50.6 Å². The van der Waals surface area contributed by atoms with Gasteiger partial charge in [-0.25, -0.2) is 4.79 Å². The van der Waals surface area contributed by atoms with E-state index in [2.05, 4.69) is 15.3 Å². The molecule has 218 valence electrons. The first-order valence-electron chi connectivity index (χ1n) is 13.1. The Morgan fingerprint density at radius 2 is 1.69 bits per heavy atom. The number of anilines is 1. The van der Waals surface area contributed by atoms with Crippen molar-refractivity contribution in [1.82, 2.24) is 5.32 Å². The first-order valence-corrected chi connectivity index (χ1v) is 13.1. The predicted octanol–water partition coefficient (Wildman–Crippen LogP) is 4.05. The second-order valence-electron chi connectivity index (χ2n) is 9.06. The maximum Gasteiger partial charge on any atom is 0.336 e. The van der Waals surface area contributed by atoms with Gasteiger partial charge in [0, 0.05) is 57.9 Å². The second-order valence-corrected chi connectivity index (χ2v) is 9.06. The van der Waals surface area contributed by atoms with E-state index in [-0.39, 0.29) is 36.2 Å². The molecule has 0 saturated heterocycles. The number of nitrogens with zero attached hydrogens (tertiary/aromatic N) is 3. The number of ether oxygens (including phenoxy) is 3. The highest BCUT2D eigenvalue weighted by atomic mass is 16.5. The number of hydrogen-bond donors (Lipinski definition) is 4. The Kier molecular flexibility index (Phi) is 10.5. The van der Waals surface area contributed by atoms with E-state index < -0.39 is 11.9 Å². The molecule has 13 heteroatoms. The van der Waals surface area contributed by atoms with Crippen LogP contribution in [0.2, 0.25) is 0 Å². The van der Waals surface area contributed by atoms with Crippen molar-refractivity contribution in [3.63, 3.8) is 0 Å². The molecule has 13 nitrogen and oxygen atoms in total. The van der Waals surface area contributed by atoms with Gasteiger partial charge in [-0.1, -0.05) is 5.11 Å². The van der Waals surface area contributed by atoms with Crippen molar-refractivity contribution in [2.24, 2.45) is 5.11 Å². The summed E-state index contributed by atoms with van der Waals surface area (Å²) >= 11 is 0. The zero-order valence-corrected chi connectivity index (χ0v) is 22.7. The molecule has 0 fully saturated rings. The van der Waals surface area contributed by atoms with Crippen LogP contribution in [-0.2, 0) is 14.2 Å². The largest absolute Gasteiger partial charge is 0.478 e. The third-order valence-electron chi connectivity index (χ3n) is 6.20. The van der Waals surface area contributed by atoms with E-state index in [1.807, 2.05) is 0 Å². The van der Waals surface area contributed by atoms with Gasteiger partial charge in [0.1, 0.15) is 11.3 Å². The van der Waals surface area contributed by atoms with E-state index in [1.54, 1.807) is 42.5 Å². The summed E-state index contributed by atoms with van der Waals surface area (Å²) in [4.78, 5) is 27.9. The first kappa shape index (κ1) is 30.0. The van der Waals surface area contributed by atoms with Gasteiger partial charge in [-0.15, -0.1) is 0 Å². The molecule has 0 spiro atoms. The smallest absolute Gasteiger partial charge is 0.336 e. The maximum absolute atomic E-state index is 13.0. The highest BCUT2D eigenvalue weighted by molar-refractivity contribution is 6.09. The Labute approximate surface area is 240 Å². The van der Waals surface area contributed by atoms with E-state index in [1.165, 1.54) is 12.1 Å². The van der Waals surface area contributed by atoms with Crippen LogP contribution in [0.5, 0.6) is 0 Å². The molecule has 2 aromatic rings. The summed E-state index contributed by atoms with van der Waals surface area (Å²) in [7, 11) is 0. The van der Waals surface area contributed by atoms with Crippen LogP contribution < -0.4 is 16.4 Å². The lowest BCUT2D eigenvalue weighted by molar-refractivity contribution is 0.0166. The molecule has 0 atom stereocenters. The van der Waals surface area contributed by atoms with Crippen molar-refractivity contribution < 1.29 is 33.3 Å².